The van der Waals surface area contributed by atoms with Crippen molar-refractivity contribution in [2.45, 2.75) is 46.5 Å². The number of ether oxygens (including phenoxy) is 2. The first-order valence-corrected chi connectivity index (χ1v) is 6.58. The summed E-state index contributed by atoms with van der Waals surface area (Å²) in [6, 6.07) is 0. The fourth-order valence-corrected chi connectivity index (χ4v) is 2.72. The van der Waals surface area contributed by atoms with Crippen LogP contribution in [0.15, 0.2) is 22.5 Å². The zero-order chi connectivity index (χ0) is 12.8. The van der Waals surface area contributed by atoms with Gasteiger partial charge in [-0.05, 0) is 50.2 Å². The Balaban J connectivity index is 2.88. The number of hydrogen-bond acceptors (Lipinski definition) is 2. The Morgan fingerprint density at radius 1 is 1.12 bits per heavy atom. The molecule has 0 aromatic rings. The monoisotopic (exact) mass is 238 g/mol. The molecule has 0 fully saturated rings. The summed E-state index contributed by atoms with van der Waals surface area (Å²) < 4.78 is 10.6. The molecule has 17 heavy (non-hydrogen) atoms. The Hall–Kier alpha value is -0.760. The van der Waals surface area contributed by atoms with Gasteiger partial charge in [-0.25, -0.2) is 0 Å². The van der Waals surface area contributed by atoms with Crippen LogP contribution in [0.25, 0.3) is 0 Å². The van der Waals surface area contributed by atoms with Gasteiger partial charge in [0.05, 0.1) is 12.9 Å². The Kier molecular flexibility index (Phi) is 5.76. The molecule has 1 unspecified atom stereocenters. The lowest BCUT2D eigenvalue weighted by Gasteiger charge is -2.27. The number of methoxy groups -OCH3 is 2. The van der Waals surface area contributed by atoms with E-state index in [1.165, 1.54) is 17.6 Å². The third kappa shape index (κ3) is 3.35. The first-order valence-electron chi connectivity index (χ1n) is 6.58. The summed E-state index contributed by atoms with van der Waals surface area (Å²) in [5, 5.41) is 0. The second-order valence-corrected chi connectivity index (χ2v) is 4.79. The first-order chi connectivity index (χ1) is 8.15. The van der Waals surface area contributed by atoms with Crippen molar-refractivity contribution in [1.82, 2.24) is 0 Å². The highest BCUT2D eigenvalue weighted by Crippen LogP contribution is 2.36. The Bertz CT molecular complexity index is 313. The van der Waals surface area contributed by atoms with Crippen LogP contribution in [0.3, 0.4) is 0 Å². The van der Waals surface area contributed by atoms with Crippen LogP contribution >= 0.6 is 0 Å². The van der Waals surface area contributed by atoms with Crippen molar-refractivity contribution in [3.8, 4) is 0 Å². The van der Waals surface area contributed by atoms with Gasteiger partial charge in [0.2, 0.25) is 0 Å². The van der Waals surface area contributed by atoms with E-state index >= 15 is 0 Å². The molecule has 98 valence electrons. The van der Waals surface area contributed by atoms with Gasteiger partial charge in [-0.15, -0.1) is 0 Å². The van der Waals surface area contributed by atoms with Gasteiger partial charge >= 0.3 is 0 Å². The lowest BCUT2D eigenvalue weighted by molar-refractivity contribution is 0.180. The smallest absolute Gasteiger partial charge is 0.0990 e. The molecule has 0 spiro atoms. The van der Waals surface area contributed by atoms with Crippen molar-refractivity contribution in [1.29, 1.82) is 0 Å². The summed E-state index contributed by atoms with van der Waals surface area (Å²) >= 11 is 0. The maximum absolute atomic E-state index is 5.44. The minimum atomic E-state index is 0.670. The molecule has 0 heterocycles. The lowest BCUT2D eigenvalue weighted by atomic mass is 9.81. The van der Waals surface area contributed by atoms with Crippen molar-refractivity contribution in [2.75, 3.05) is 20.8 Å². The van der Waals surface area contributed by atoms with Crippen LogP contribution in [0, 0.1) is 5.92 Å². The van der Waals surface area contributed by atoms with Gasteiger partial charge in [0, 0.05) is 20.1 Å². The van der Waals surface area contributed by atoms with Gasteiger partial charge in [0.15, 0.2) is 0 Å². The Morgan fingerprint density at radius 3 is 2.35 bits per heavy atom. The molecule has 1 rings (SSSR count). The van der Waals surface area contributed by atoms with Gasteiger partial charge < -0.3 is 9.47 Å². The number of rotatable bonds is 6. The average molecular weight is 238 g/mol. The third-order valence-corrected chi connectivity index (χ3v) is 3.99. The fourth-order valence-electron chi connectivity index (χ4n) is 2.72. The molecular formula is C15H26O2. The summed E-state index contributed by atoms with van der Waals surface area (Å²) in [7, 11) is 3.56. The van der Waals surface area contributed by atoms with Crippen molar-refractivity contribution in [3.05, 3.63) is 22.5 Å². The molecular weight excluding hydrogens is 212 g/mol. The van der Waals surface area contributed by atoms with E-state index in [-0.39, 0.29) is 0 Å². The van der Waals surface area contributed by atoms with Gasteiger partial charge in [0.1, 0.15) is 0 Å². The molecule has 2 heteroatoms. The lowest BCUT2D eigenvalue weighted by Crippen LogP contribution is -2.13. The highest BCUT2D eigenvalue weighted by molar-refractivity contribution is 5.39. The maximum Gasteiger partial charge on any atom is 0.0990 e. The summed E-state index contributed by atoms with van der Waals surface area (Å²) in [6.45, 7) is 7.54. The zero-order valence-corrected chi connectivity index (χ0v) is 11.9. The van der Waals surface area contributed by atoms with Crippen molar-refractivity contribution >= 4 is 0 Å². The molecule has 0 saturated heterocycles. The summed E-state index contributed by atoms with van der Waals surface area (Å²) in [5.74, 6) is 1.83. The summed E-state index contributed by atoms with van der Waals surface area (Å²) in [4.78, 5) is 0. The average Bonchev–Trinajstić information content (AvgIpc) is 2.35. The second kappa shape index (κ2) is 6.85. The predicted molar refractivity (Wildman–Crippen MR) is 71.9 cm³/mol. The van der Waals surface area contributed by atoms with Crippen LogP contribution in [0.2, 0.25) is 0 Å². The SMILES string of the molecule is CCC(CCOC)C1=C(C)C(C)=C(OC)CC1. The van der Waals surface area contributed by atoms with Crippen LogP contribution in [0.5, 0.6) is 0 Å². The van der Waals surface area contributed by atoms with Gasteiger partial charge in [-0.2, -0.15) is 0 Å². The molecule has 0 radical (unpaired) electrons. The molecule has 0 bridgehead atoms. The second-order valence-electron chi connectivity index (χ2n) is 4.79. The van der Waals surface area contributed by atoms with Crippen LogP contribution < -0.4 is 0 Å². The molecule has 2 nitrogen and oxygen atoms in total. The van der Waals surface area contributed by atoms with Gasteiger partial charge in [-0.3, -0.25) is 0 Å². The van der Waals surface area contributed by atoms with Crippen molar-refractivity contribution < 1.29 is 9.47 Å². The molecule has 0 N–H and O–H groups in total. The molecule has 1 atom stereocenters. The van der Waals surface area contributed by atoms with E-state index in [2.05, 4.69) is 20.8 Å². The van der Waals surface area contributed by atoms with Crippen LogP contribution in [-0.4, -0.2) is 20.8 Å². The quantitative estimate of drug-likeness (QED) is 0.694. The van der Waals surface area contributed by atoms with Crippen LogP contribution in [0.1, 0.15) is 46.5 Å². The van der Waals surface area contributed by atoms with E-state index in [9.17, 15) is 0 Å². The highest BCUT2D eigenvalue weighted by atomic mass is 16.5. The molecule has 0 aliphatic heterocycles. The Morgan fingerprint density at radius 2 is 1.82 bits per heavy atom. The number of allylic oxidation sites excluding steroid dienone is 4. The van der Waals surface area contributed by atoms with Crippen LogP contribution in [-0.2, 0) is 9.47 Å². The number of hydrogen-bond donors (Lipinski definition) is 0. The fraction of sp³-hybridized carbons (Fsp3) is 0.733. The molecule has 1 aliphatic carbocycles. The summed E-state index contributed by atoms with van der Waals surface area (Å²) in [6.07, 6.45) is 4.54. The summed E-state index contributed by atoms with van der Waals surface area (Å²) in [5.41, 5.74) is 4.39. The first kappa shape index (κ1) is 14.3. The molecule has 0 amide bonds. The maximum atomic E-state index is 5.44. The minimum Gasteiger partial charge on any atom is -0.501 e. The largest absolute Gasteiger partial charge is 0.501 e. The zero-order valence-electron chi connectivity index (χ0n) is 11.9. The topological polar surface area (TPSA) is 18.5 Å². The molecule has 0 saturated carbocycles. The molecule has 1 aliphatic rings. The highest BCUT2D eigenvalue weighted by Gasteiger charge is 2.21. The molecule has 0 aromatic carbocycles. The standard InChI is InChI=1S/C15H26O2/c1-6-13(9-10-16-4)14-7-8-15(17-5)12(3)11(14)2/h13H,6-10H2,1-5H3. The van der Waals surface area contributed by atoms with Crippen molar-refractivity contribution in [3.63, 3.8) is 0 Å². The predicted octanol–water partition coefficient (Wildman–Crippen LogP) is 4.08. The van der Waals surface area contributed by atoms with E-state index in [0.717, 1.165) is 31.6 Å². The van der Waals surface area contributed by atoms with Gasteiger partial charge in [-0.1, -0.05) is 12.5 Å². The van der Waals surface area contributed by atoms with E-state index in [0.29, 0.717) is 5.92 Å². The van der Waals surface area contributed by atoms with Crippen LogP contribution in [0.4, 0.5) is 0 Å². The normalized spacial score (nSPS) is 18.6. The van der Waals surface area contributed by atoms with Crippen molar-refractivity contribution in [2.24, 2.45) is 5.92 Å². The third-order valence-electron chi connectivity index (χ3n) is 3.99. The van der Waals surface area contributed by atoms with Gasteiger partial charge in [0.25, 0.3) is 0 Å². The minimum absolute atomic E-state index is 0.670. The van der Waals surface area contributed by atoms with E-state index in [1.807, 2.05) is 0 Å². The Labute approximate surface area is 106 Å². The van der Waals surface area contributed by atoms with E-state index < -0.39 is 0 Å². The van der Waals surface area contributed by atoms with E-state index in [1.54, 1.807) is 19.8 Å². The molecule has 0 aromatic heterocycles. The van der Waals surface area contributed by atoms with E-state index in [4.69, 9.17) is 9.47 Å².